The molecule has 0 spiro atoms. The molecule has 0 bridgehead atoms. The van der Waals surface area contributed by atoms with Crippen molar-refractivity contribution in [2.45, 2.75) is 45.3 Å². The minimum absolute atomic E-state index is 0.00486. The molecule has 2 N–H and O–H groups in total. The van der Waals surface area contributed by atoms with Crippen LogP contribution in [0, 0.1) is 0 Å². The quantitative estimate of drug-likeness (QED) is 0.525. The molecule has 0 amide bonds. The van der Waals surface area contributed by atoms with Gasteiger partial charge in [0.1, 0.15) is 24.5 Å². The maximum absolute atomic E-state index is 12.8. The minimum Gasteiger partial charge on any atom is -0.463 e. The third-order valence-corrected chi connectivity index (χ3v) is 6.49. The lowest BCUT2D eigenvalue weighted by molar-refractivity contribution is -0.943. The molecule has 4 aromatic heterocycles. The van der Waals surface area contributed by atoms with E-state index in [0.717, 1.165) is 41.0 Å². The lowest BCUT2D eigenvalue weighted by atomic mass is 9.97. The van der Waals surface area contributed by atoms with E-state index in [1.165, 1.54) is 21.8 Å². The van der Waals surface area contributed by atoms with Crippen molar-refractivity contribution < 1.29 is 13.7 Å². The Morgan fingerprint density at radius 1 is 1.04 bits per heavy atom. The van der Waals surface area contributed by atoms with E-state index < -0.39 is 0 Å². The van der Waals surface area contributed by atoms with E-state index >= 15 is 0 Å². The summed E-state index contributed by atoms with van der Waals surface area (Å²) in [5.74, 6) is 2.51. The normalized spacial score (nSPS) is 14.0. The summed E-state index contributed by atoms with van der Waals surface area (Å²) < 4.78 is 11.1. The zero-order chi connectivity index (χ0) is 18.9. The molecule has 4 heterocycles. The van der Waals surface area contributed by atoms with Crippen molar-refractivity contribution in [1.82, 2.24) is 9.97 Å². The number of furan rings is 2. The van der Waals surface area contributed by atoms with Crippen molar-refractivity contribution in [1.29, 1.82) is 0 Å². The molecule has 0 atom stereocenters. The average molecular weight is 396 g/mol. The van der Waals surface area contributed by atoms with Gasteiger partial charge in [-0.1, -0.05) is 0 Å². The molecule has 0 saturated heterocycles. The molecule has 0 fully saturated rings. The van der Waals surface area contributed by atoms with Gasteiger partial charge in [0.15, 0.2) is 17.3 Å². The second-order valence-corrected chi connectivity index (χ2v) is 8.43. The van der Waals surface area contributed by atoms with Crippen molar-refractivity contribution in [3.05, 3.63) is 74.9 Å². The van der Waals surface area contributed by atoms with Crippen LogP contribution in [0.15, 0.2) is 50.4 Å². The second kappa shape index (κ2) is 7.41. The first-order valence-electron chi connectivity index (χ1n) is 9.68. The molecule has 1 aliphatic rings. The molecule has 0 saturated carbocycles. The van der Waals surface area contributed by atoms with Crippen LogP contribution in [-0.4, -0.2) is 9.97 Å². The molecule has 5 rings (SSSR count). The van der Waals surface area contributed by atoms with Gasteiger partial charge in [-0.25, -0.2) is 4.98 Å². The lowest BCUT2D eigenvalue weighted by Crippen LogP contribution is -3.08. The fourth-order valence-electron chi connectivity index (χ4n) is 4.04. The Bertz CT molecular complexity index is 1090. The highest BCUT2D eigenvalue weighted by Gasteiger charge is 2.22. The van der Waals surface area contributed by atoms with Crippen LogP contribution < -0.4 is 10.5 Å². The maximum Gasteiger partial charge on any atom is 0.260 e. The molecular formula is C21H22N3O3S+. The number of nitrogens with one attached hydrogen (secondary N) is 2. The summed E-state index contributed by atoms with van der Waals surface area (Å²) in [5, 5.41) is 0.807. The monoisotopic (exact) mass is 396 g/mol. The van der Waals surface area contributed by atoms with Gasteiger partial charge in [0, 0.05) is 4.88 Å². The zero-order valence-corrected chi connectivity index (χ0v) is 16.3. The summed E-state index contributed by atoms with van der Waals surface area (Å²) in [6.45, 7) is 1.97. The Labute approximate surface area is 165 Å². The van der Waals surface area contributed by atoms with Gasteiger partial charge in [-0.2, -0.15) is 0 Å². The minimum atomic E-state index is -0.00486. The summed E-state index contributed by atoms with van der Waals surface area (Å²) in [5.41, 5.74) is 1.22. The van der Waals surface area contributed by atoms with Crippen molar-refractivity contribution in [3.8, 4) is 0 Å². The molecule has 28 heavy (non-hydrogen) atoms. The smallest absolute Gasteiger partial charge is 0.260 e. The SMILES string of the molecule is O=c1[nH]c(C[NH+](Cc2ccco2)Cc2ccco2)nc2sc3c(c12)CCCC3. The van der Waals surface area contributed by atoms with E-state index in [9.17, 15) is 4.79 Å². The largest absolute Gasteiger partial charge is 0.463 e. The molecule has 0 aromatic carbocycles. The number of quaternary nitrogens is 1. The van der Waals surface area contributed by atoms with Crippen LogP contribution in [0.2, 0.25) is 0 Å². The van der Waals surface area contributed by atoms with E-state index in [-0.39, 0.29) is 5.56 Å². The van der Waals surface area contributed by atoms with E-state index in [4.69, 9.17) is 13.8 Å². The third kappa shape index (κ3) is 3.43. The van der Waals surface area contributed by atoms with Crippen LogP contribution in [0.25, 0.3) is 10.2 Å². The number of hydrogen-bond donors (Lipinski definition) is 2. The summed E-state index contributed by atoms with van der Waals surface area (Å²) in [6.07, 6.45) is 7.79. The Hall–Kier alpha value is -2.64. The van der Waals surface area contributed by atoms with Crippen molar-refractivity contribution in [2.75, 3.05) is 0 Å². The van der Waals surface area contributed by atoms with Gasteiger partial charge < -0.3 is 18.7 Å². The predicted molar refractivity (Wildman–Crippen MR) is 106 cm³/mol. The summed E-state index contributed by atoms with van der Waals surface area (Å²) >= 11 is 1.69. The number of thiophene rings is 1. The standard InChI is InChI=1S/C21H21N3O3S/c25-20-19-16-7-1-2-8-17(16)28-21(19)23-18(22-20)13-24(11-14-5-3-9-26-14)12-15-6-4-10-27-15/h3-6,9-10H,1-2,7-8,11-13H2,(H,22,23,25)/p+1. The molecule has 0 aliphatic heterocycles. The van der Waals surface area contributed by atoms with Crippen LogP contribution in [0.5, 0.6) is 0 Å². The van der Waals surface area contributed by atoms with Crippen molar-refractivity contribution >= 4 is 21.6 Å². The van der Waals surface area contributed by atoms with Crippen LogP contribution in [-0.2, 0) is 32.5 Å². The number of fused-ring (bicyclic) bond motifs is 3. The number of aromatic amines is 1. The fourth-order valence-corrected chi connectivity index (χ4v) is 5.32. The Morgan fingerprint density at radius 2 is 1.75 bits per heavy atom. The van der Waals surface area contributed by atoms with E-state index in [2.05, 4.69) is 4.98 Å². The molecule has 7 heteroatoms. The third-order valence-electron chi connectivity index (χ3n) is 5.30. The summed E-state index contributed by atoms with van der Waals surface area (Å²) in [7, 11) is 0. The van der Waals surface area contributed by atoms with Crippen molar-refractivity contribution in [3.63, 3.8) is 0 Å². The second-order valence-electron chi connectivity index (χ2n) is 7.34. The van der Waals surface area contributed by atoms with Gasteiger partial charge in [0.05, 0.1) is 17.9 Å². The Morgan fingerprint density at radius 3 is 2.43 bits per heavy atom. The molecule has 1 aliphatic carbocycles. The summed E-state index contributed by atoms with van der Waals surface area (Å²) in [6, 6.07) is 7.72. The number of aromatic nitrogens is 2. The maximum atomic E-state index is 12.8. The Kier molecular flexibility index (Phi) is 4.62. The van der Waals surface area contributed by atoms with Crippen LogP contribution in [0.3, 0.4) is 0 Å². The van der Waals surface area contributed by atoms with Gasteiger partial charge in [-0.3, -0.25) is 4.79 Å². The molecule has 144 valence electrons. The predicted octanol–water partition coefficient (Wildman–Crippen LogP) is 2.83. The lowest BCUT2D eigenvalue weighted by Gasteiger charge is -2.16. The van der Waals surface area contributed by atoms with Gasteiger partial charge in [0.2, 0.25) is 0 Å². The Balaban J connectivity index is 1.46. The number of H-pyrrole nitrogens is 1. The highest BCUT2D eigenvalue weighted by atomic mass is 32.1. The fraction of sp³-hybridized carbons (Fsp3) is 0.333. The molecule has 0 unspecified atom stereocenters. The van der Waals surface area contributed by atoms with Gasteiger partial charge in [-0.05, 0) is 55.5 Å². The van der Waals surface area contributed by atoms with Gasteiger partial charge in [-0.15, -0.1) is 11.3 Å². The highest BCUT2D eigenvalue weighted by Crippen LogP contribution is 2.33. The van der Waals surface area contributed by atoms with Crippen LogP contribution >= 0.6 is 11.3 Å². The van der Waals surface area contributed by atoms with Crippen LogP contribution in [0.4, 0.5) is 0 Å². The zero-order valence-electron chi connectivity index (χ0n) is 15.5. The molecule has 4 aromatic rings. The highest BCUT2D eigenvalue weighted by molar-refractivity contribution is 7.18. The first-order chi connectivity index (χ1) is 13.8. The molecule has 0 radical (unpaired) electrons. The van der Waals surface area contributed by atoms with E-state index in [1.54, 1.807) is 23.9 Å². The number of aryl methyl sites for hydroxylation is 2. The van der Waals surface area contributed by atoms with E-state index in [0.29, 0.717) is 25.5 Å². The molecular weight excluding hydrogens is 374 g/mol. The van der Waals surface area contributed by atoms with Gasteiger partial charge >= 0.3 is 0 Å². The summed E-state index contributed by atoms with van der Waals surface area (Å²) in [4.78, 5) is 24.1. The average Bonchev–Trinajstić information content (AvgIpc) is 3.41. The number of hydrogen-bond acceptors (Lipinski definition) is 5. The topological polar surface area (TPSA) is 76.5 Å². The first kappa shape index (κ1) is 17.5. The van der Waals surface area contributed by atoms with Gasteiger partial charge in [0.25, 0.3) is 5.56 Å². The number of rotatable bonds is 6. The first-order valence-corrected chi connectivity index (χ1v) is 10.5. The number of nitrogens with zero attached hydrogens (tertiary/aromatic N) is 1. The van der Waals surface area contributed by atoms with E-state index in [1.807, 2.05) is 24.3 Å². The van der Waals surface area contributed by atoms with Crippen LogP contribution in [0.1, 0.15) is 40.6 Å². The molecule has 6 nitrogen and oxygen atoms in total. The van der Waals surface area contributed by atoms with Crippen molar-refractivity contribution in [2.24, 2.45) is 0 Å².